The van der Waals surface area contributed by atoms with E-state index >= 15 is 0 Å². The molecule has 2 rings (SSSR count). The van der Waals surface area contributed by atoms with E-state index < -0.39 is 0 Å². The number of piperazine rings is 1. The summed E-state index contributed by atoms with van der Waals surface area (Å²) in [7, 11) is 0. The monoisotopic (exact) mass is 340 g/mol. The summed E-state index contributed by atoms with van der Waals surface area (Å²) in [5, 5.41) is 13.7. The van der Waals surface area contributed by atoms with E-state index in [9.17, 15) is 5.11 Å². The average Bonchev–Trinajstić information content (AvgIpc) is 2.46. The van der Waals surface area contributed by atoms with Crippen molar-refractivity contribution >= 4 is 15.9 Å². The maximum atomic E-state index is 10.3. The fraction of sp³-hybridized carbons (Fsp3) is 0.625. The number of rotatable bonds is 6. The van der Waals surface area contributed by atoms with Crippen LogP contribution in [0.25, 0.3) is 0 Å². The van der Waals surface area contributed by atoms with Gasteiger partial charge in [-0.2, -0.15) is 0 Å². The molecular formula is C16H25BrN2O. The lowest BCUT2D eigenvalue weighted by atomic mass is 9.97. The molecule has 112 valence electrons. The highest BCUT2D eigenvalue weighted by Crippen LogP contribution is 2.34. The summed E-state index contributed by atoms with van der Waals surface area (Å²) >= 11 is 3.42. The van der Waals surface area contributed by atoms with E-state index in [1.54, 1.807) is 0 Å². The van der Waals surface area contributed by atoms with E-state index in [1.807, 2.05) is 12.1 Å². The van der Waals surface area contributed by atoms with Gasteiger partial charge in [-0.05, 0) is 18.6 Å². The third kappa shape index (κ3) is 4.21. The number of phenolic OH excluding ortho intramolecular Hbond substituents is 1. The standard InChI is InChI=1S/C16H25BrN2O/c1-2-3-4-5-15(19-10-8-18-9-11-19)14-7-6-13(17)12-16(14)20/h6-7,12,15,18,20H,2-5,8-11H2,1H3/t15-/m0/s1. The number of unbranched alkanes of at least 4 members (excludes halogenated alkanes) is 2. The van der Waals surface area contributed by atoms with E-state index in [0.717, 1.165) is 42.6 Å². The van der Waals surface area contributed by atoms with Crippen molar-refractivity contribution in [1.82, 2.24) is 10.2 Å². The van der Waals surface area contributed by atoms with E-state index in [0.29, 0.717) is 11.8 Å². The van der Waals surface area contributed by atoms with Crippen LogP contribution in [0.15, 0.2) is 22.7 Å². The van der Waals surface area contributed by atoms with Crippen LogP contribution in [0, 0.1) is 0 Å². The van der Waals surface area contributed by atoms with Gasteiger partial charge in [0.25, 0.3) is 0 Å². The summed E-state index contributed by atoms with van der Waals surface area (Å²) in [6.07, 6.45) is 4.85. The Kier molecular flexibility index (Phi) is 6.33. The first-order chi connectivity index (χ1) is 9.72. The lowest BCUT2D eigenvalue weighted by Gasteiger charge is -2.35. The summed E-state index contributed by atoms with van der Waals surface area (Å²) in [5.41, 5.74) is 1.08. The number of halogens is 1. The molecule has 4 heteroatoms. The molecule has 0 amide bonds. The number of nitrogens with zero attached hydrogens (tertiary/aromatic N) is 1. The third-order valence-electron chi connectivity index (χ3n) is 4.02. The zero-order valence-electron chi connectivity index (χ0n) is 12.2. The quantitative estimate of drug-likeness (QED) is 0.775. The van der Waals surface area contributed by atoms with Crippen LogP contribution in [0.3, 0.4) is 0 Å². The Morgan fingerprint density at radius 1 is 1.30 bits per heavy atom. The molecule has 20 heavy (non-hydrogen) atoms. The Bertz CT molecular complexity index is 419. The second kappa shape index (κ2) is 8.01. The van der Waals surface area contributed by atoms with Crippen LogP contribution in [0.1, 0.15) is 44.2 Å². The van der Waals surface area contributed by atoms with Crippen LogP contribution >= 0.6 is 15.9 Å². The minimum Gasteiger partial charge on any atom is -0.508 e. The van der Waals surface area contributed by atoms with Gasteiger partial charge in [-0.25, -0.2) is 0 Å². The summed E-state index contributed by atoms with van der Waals surface area (Å²) in [4.78, 5) is 2.51. The van der Waals surface area contributed by atoms with E-state index in [1.165, 1.54) is 19.3 Å². The highest BCUT2D eigenvalue weighted by Gasteiger charge is 2.23. The van der Waals surface area contributed by atoms with Crippen LogP contribution < -0.4 is 5.32 Å². The van der Waals surface area contributed by atoms with Crippen molar-refractivity contribution in [2.45, 2.75) is 38.6 Å². The second-order valence-corrected chi connectivity index (χ2v) is 6.42. The van der Waals surface area contributed by atoms with Gasteiger partial charge in [0, 0.05) is 42.3 Å². The summed E-state index contributed by atoms with van der Waals surface area (Å²) in [6.45, 7) is 6.44. The maximum Gasteiger partial charge on any atom is 0.121 e. The zero-order chi connectivity index (χ0) is 14.4. The van der Waals surface area contributed by atoms with Gasteiger partial charge in [-0.1, -0.05) is 48.2 Å². The number of aromatic hydroxyl groups is 1. The van der Waals surface area contributed by atoms with Crippen LogP contribution in [-0.4, -0.2) is 36.2 Å². The van der Waals surface area contributed by atoms with Gasteiger partial charge in [0.05, 0.1) is 0 Å². The fourth-order valence-corrected chi connectivity index (χ4v) is 3.26. The molecule has 1 atom stereocenters. The van der Waals surface area contributed by atoms with E-state index in [2.05, 4.69) is 39.1 Å². The van der Waals surface area contributed by atoms with Crippen molar-refractivity contribution in [1.29, 1.82) is 0 Å². The Balaban J connectivity index is 2.15. The minimum absolute atomic E-state index is 0.344. The molecule has 1 aliphatic rings. The molecule has 0 unspecified atom stereocenters. The Morgan fingerprint density at radius 2 is 2.05 bits per heavy atom. The SMILES string of the molecule is CCCCC[C@@H](c1ccc(Br)cc1O)N1CCNCC1. The maximum absolute atomic E-state index is 10.3. The number of hydrogen-bond donors (Lipinski definition) is 2. The van der Waals surface area contributed by atoms with E-state index in [-0.39, 0.29) is 0 Å². The predicted molar refractivity (Wildman–Crippen MR) is 87.1 cm³/mol. The van der Waals surface area contributed by atoms with Gasteiger partial charge in [0.1, 0.15) is 5.75 Å². The first kappa shape index (κ1) is 15.8. The molecule has 1 aliphatic heterocycles. The number of nitrogens with one attached hydrogen (secondary N) is 1. The number of phenols is 1. The molecule has 1 fully saturated rings. The van der Waals surface area contributed by atoms with Crippen LogP contribution in [0.4, 0.5) is 0 Å². The molecular weight excluding hydrogens is 316 g/mol. The molecule has 0 aromatic heterocycles. The van der Waals surface area contributed by atoms with Gasteiger partial charge in [-0.3, -0.25) is 4.90 Å². The van der Waals surface area contributed by atoms with Gasteiger partial charge < -0.3 is 10.4 Å². The molecule has 1 heterocycles. The van der Waals surface area contributed by atoms with Gasteiger partial charge >= 0.3 is 0 Å². The zero-order valence-corrected chi connectivity index (χ0v) is 13.8. The molecule has 1 aromatic rings. The van der Waals surface area contributed by atoms with Gasteiger partial charge in [0.2, 0.25) is 0 Å². The topological polar surface area (TPSA) is 35.5 Å². The first-order valence-corrected chi connectivity index (χ1v) is 8.45. The minimum atomic E-state index is 0.344. The normalized spacial score (nSPS) is 18.1. The fourth-order valence-electron chi connectivity index (χ4n) is 2.91. The second-order valence-electron chi connectivity index (χ2n) is 5.50. The lowest BCUT2D eigenvalue weighted by molar-refractivity contribution is 0.160. The van der Waals surface area contributed by atoms with Crippen LogP contribution in [-0.2, 0) is 0 Å². The first-order valence-electron chi connectivity index (χ1n) is 7.65. The van der Waals surface area contributed by atoms with Crippen molar-refractivity contribution in [3.63, 3.8) is 0 Å². The van der Waals surface area contributed by atoms with Crippen molar-refractivity contribution in [3.8, 4) is 5.75 Å². The van der Waals surface area contributed by atoms with Crippen molar-refractivity contribution in [2.75, 3.05) is 26.2 Å². The highest BCUT2D eigenvalue weighted by atomic mass is 79.9. The third-order valence-corrected chi connectivity index (χ3v) is 4.52. The summed E-state index contributed by atoms with van der Waals surface area (Å²) in [6, 6.07) is 6.25. The van der Waals surface area contributed by atoms with E-state index in [4.69, 9.17) is 0 Å². The molecule has 0 saturated carbocycles. The Hall–Kier alpha value is -0.580. The molecule has 0 radical (unpaired) electrons. The van der Waals surface area contributed by atoms with Crippen LogP contribution in [0.5, 0.6) is 5.75 Å². The Labute approximate surface area is 130 Å². The average molecular weight is 341 g/mol. The molecule has 1 saturated heterocycles. The van der Waals surface area contributed by atoms with Crippen molar-refractivity contribution in [2.24, 2.45) is 0 Å². The van der Waals surface area contributed by atoms with Crippen molar-refractivity contribution < 1.29 is 5.11 Å². The molecule has 0 bridgehead atoms. The predicted octanol–water partition coefficient (Wildman–Crippen LogP) is 3.68. The molecule has 1 aromatic carbocycles. The largest absolute Gasteiger partial charge is 0.508 e. The smallest absolute Gasteiger partial charge is 0.121 e. The van der Waals surface area contributed by atoms with Crippen LogP contribution in [0.2, 0.25) is 0 Å². The molecule has 2 N–H and O–H groups in total. The number of benzene rings is 1. The van der Waals surface area contributed by atoms with Gasteiger partial charge in [-0.15, -0.1) is 0 Å². The van der Waals surface area contributed by atoms with Crippen molar-refractivity contribution in [3.05, 3.63) is 28.2 Å². The molecule has 0 aliphatic carbocycles. The lowest BCUT2D eigenvalue weighted by Crippen LogP contribution is -2.45. The summed E-state index contributed by atoms with van der Waals surface area (Å²) in [5.74, 6) is 0.416. The Morgan fingerprint density at radius 3 is 2.70 bits per heavy atom. The summed E-state index contributed by atoms with van der Waals surface area (Å²) < 4.78 is 0.936. The van der Waals surface area contributed by atoms with Gasteiger partial charge in [0.15, 0.2) is 0 Å². The molecule has 0 spiro atoms. The molecule has 3 nitrogen and oxygen atoms in total. The number of hydrogen-bond acceptors (Lipinski definition) is 3. The highest BCUT2D eigenvalue weighted by molar-refractivity contribution is 9.10.